The summed E-state index contributed by atoms with van der Waals surface area (Å²) >= 11 is 0. The van der Waals surface area contributed by atoms with Crippen LogP contribution in [0.2, 0.25) is 0 Å². The fraction of sp³-hybridized carbons (Fsp3) is 0.278. The molecule has 3 rings (SSSR count). The van der Waals surface area contributed by atoms with Gasteiger partial charge in [0.15, 0.2) is 0 Å². The summed E-state index contributed by atoms with van der Waals surface area (Å²) < 4.78 is 0. The van der Waals surface area contributed by atoms with Crippen molar-refractivity contribution >= 4 is 11.6 Å². The number of anilines is 1. The number of carbonyl (C=O) groups is 1. The van der Waals surface area contributed by atoms with Crippen molar-refractivity contribution in [2.45, 2.75) is 26.7 Å². The molecule has 1 amide bonds. The van der Waals surface area contributed by atoms with E-state index in [0.717, 1.165) is 30.6 Å². The topological polar surface area (TPSA) is 20.3 Å². The Bertz CT molecular complexity index is 643. The van der Waals surface area contributed by atoms with Crippen molar-refractivity contribution in [1.82, 2.24) is 0 Å². The maximum Gasteiger partial charge on any atom is 0.223 e. The van der Waals surface area contributed by atoms with Gasteiger partial charge in [-0.3, -0.25) is 4.79 Å². The molecule has 1 heterocycles. The summed E-state index contributed by atoms with van der Waals surface area (Å²) in [5.41, 5.74) is 5.99. The molecular formula is C18H19NO. The van der Waals surface area contributed by atoms with Crippen molar-refractivity contribution in [3.05, 3.63) is 53.6 Å². The number of hydrogen-bond acceptors (Lipinski definition) is 1. The van der Waals surface area contributed by atoms with Gasteiger partial charge in [0.2, 0.25) is 5.91 Å². The molecular weight excluding hydrogens is 246 g/mol. The first-order chi connectivity index (χ1) is 9.66. The molecule has 2 aromatic carbocycles. The number of amides is 1. The van der Waals surface area contributed by atoms with Crippen LogP contribution in [0.1, 0.15) is 24.5 Å². The van der Waals surface area contributed by atoms with Crippen LogP contribution in [0.25, 0.3) is 11.1 Å². The highest BCUT2D eigenvalue weighted by molar-refractivity contribution is 5.98. The molecule has 20 heavy (non-hydrogen) atoms. The van der Waals surface area contributed by atoms with Crippen molar-refractivity contribution in [3.8, 4) is 11.1 Å². The zero-order valence-electron chi connectivity index (χ0n) is 12.0. The van der Waals surface area contributed by atoms with Crippen LogP contribution in [0.3, 0.4) is 0 Å². The SMILES string of the molecule is CC(=O)N1CCCc2cccc(-c3ccc(C)cc3)c21. The molecule has 0 saturated carbocycles. The molecule has 0 spiro atoms. The highest BCUT2D eigenvalue weighted by Gasteiger charge is 2.23. The second-order valence-corrected chi connectivity index (χ2v) is 5.45. The molecule has 0 radical (unpaired) electrons. The Hall–Kier alpha value is -2.09. The number of nitrogens with zero attached hydrogens (tertiary/aromatic N) is 1. The molecule has 1 aliphatic heterocycles. The van der Waals surface area contributed by atoms with E-state index in [1.165, 1.54) is 16.7 Å². The average molecular weight is 265 g/mol. The Morgan fingerprint density at radius 3 is 2.55 bits per heavy atom. The average Bonchev–Trinajstić information content (AvgIpc) is 2.47. The van der Waals surface area contributed by atoms with Gasteiger partial charge >= 0.3 is 0 Å². The van der Waals surface area contributed by atoms with E-state index in [4.69, 9.17) is 0 Å². The van der Waals surface area contributed by atoms with Gasteiger partial charge in [-0.2, -0.15) is 0 Å². The number of rotatable bonds is 1. The molecule has 0 atom stereocenters. The van der Waals surface area contributed by atoms with Gasteiger partial charge < -0.3 is 4.90 Å². The van der Waals surface area contributed by atoms with E-state index in [1.807, 2.05) is 4.90 Å². The Balaban J connectivity index is 2.17. The normalized spacial score (nSPS) is 14.0. The van der Waals surface area contributed by atoms with E-state index < -0.39 is 0 Å². The van der Waals surface area contributed by atoms with Crippen LogP contribution >= 0.6 is 0 Å². The summed E-state index contributed by atoms with van der Waals surface area (Å²) in [6.07, 6.45) is 2.10. The summed E-state index contributed by atoms with van der Waals surface area (Å²) in [5.74, 6) is 0.130. The minimum atomic E-state index is 0.130. The van der Waals surface area contributed by atoms with E-state index in [9.17, 15) is 4.79 Å². The summed E-state index contributed by atoms with van der Waals surface area (Å²) in [6.45, 7) is 4.57. The standard InChI is InChI=1S/C18H19NO/c1-13-8-10-15(11-9-13)17-7-3-5-16-6-4-12-19(14(2)20)18(16)17/h3,5,7-11H,4,6,12H2,1-2H3. The molecule has 0 aliphatic carbocycles. The van der Waals surface area contributed by atoms with Gasteiger partial charge in [0, 0.05) is 19.0 Å². The lowest BCUT2D eigenvalue weighted by molar-refractivity contribution is -0.116. The minimum Gasteiger partial charge on any atom is -0.312 e. The Morgan fingerprint density at radius 2 is 1.85 bits per heavy atom. The van der Waals surface area contributed by atoms with Crippen molar-refractivity contribution in [2.24, 2.45) is 0 Å². The molecule has 0 aromatic heterocycles. The number of para-hydroxylation sites is 1. The highest BCUT2D eigenvalue weighted by atomic mass is 16.2. The molecule has 1 aliphatic rings. The fourth-order valence-corrected chi connectivity index (χ4v) is 2.93. The van der Waals surface area contributed by atoms with Crippen molar-refractivity contribution < 1.29 is 4.79 Å². The lowest BCUT2D eigenvalue weighted by atomic mass is 9.93. The second kappa shape index (κ2) is 5.12. The first-order valence-corrected chi connectivity index (χ1v) is 7.14. The predicted octanol–water partition coefficient (Wildman–Crippen LogP) is 3.96. The van der Waals surface area contributed by atoms with E-state index in [0.29, 0.717) is 0 Å². The van der Waals surface area contributed by atoms with Crippen molar-refractivity contribution in [1.29, 1.82) is 0 Å². The lowest BCUT2D eigenvalue weighted by Crippen LogP contribution is -2.34. The quantitative estimate of drug-likeness (QED) is 0.764. The van der Waals surface area contributed by atoms with Gasteiger partial charge in [0.05, 0.1) is 5.69 Å². The van der Waals surface area contributed by atoms with Gasteiger partial charge in [-0.05, 0) is 30.9 Å². The molecule has 0 bridgehead atoms. The molecule has 0 unspecified atom stereocenters. The smallest absolute Gasteiger partial charge is 0.223 e. The van der Waals surface area contributed by atoms with Gasteiger partial charge in [-0.25, -0.2) is 0 Å². The van der Waals surface area contributed by atoms with Crippen LogP contribution < -0.4 is 4.90 Å². The largest absolute Gasteiger partial charge is 0.312 e. The molecule has 2 aromatic rings. The summed E-state index contributed by atoms with van der Waals surface area (Å²) in [4.78, 5) is 13.8. The van der Waals surface area contributed by atoms with Gasteiger partial charge in [0.25, 0.3) is 0 Å². The van der Waals surface area contributed by atoms with Crippen LogP contribution in [0.15, 0.2) is 42.5 Å². The van der Waals surface area contributed by atoms with E-state index >= 15 is 0 Å². The zero-order chi connectivity index (χ0) is 14.1. The zero-order valence-corrected chi connectivity index (χ0v) is 12.0. The van der Waals surface area contributed by atoms with Crippen LogP contribution in [0, 0.1) is 6.92 Å². The van der Waals surface area contributed by atoms with Gasteiger partial charge in [0.1, 0.15) is 0 Å². The van der Waals surface area contributed by atoms with Crippen LogP contribution in [-0.2, 0) is 11.2 Å². The summed E-state index contributed by atoms with van der Waals surface area (Å²) in [5, 5.41) is 0. The molecule has 102 valence electrons. The van der Waals surface area contributed by atoms with Crippen molar-refractivity contribution in [2.75, 3.05) is 11.4 Å². The maximum atomic E-state index is 11.9. The monoisotopic (exact) mass is 265 g/mol. The number of aryl methyl sites for hydroxylation is 2. The van der Waals surface area contributed by atoms with Crippen LogP contribution in [-0.4, -0.2) is 12.5 Å². The number of fused-ring (bicyclic) bond motifs is 1. The van der Waals surface area contributed by atoms with Crippen LogP contribution in [0.4, 0.5) is 5.69 Å². The lowest BCUT2D eigenvalue weighted by Gasteiger charge is -2.31. The van der Waals surface area contributed by atoms with Gasteiger partial charge in [-0.15, -0.1) is 0 Å². The summed E-state index contributed by atoms with van der Waals surface area (Å²) in [7, 11) is 0. The first-order valence-electron chi connectivity index (χ1n) is 7.14. The fourth-order valence-electron chi connectivity index (χ4n) is 2.93. The molecule has 2 nitrogen and oxygen atoms in total. The molecule has 0 fully saturated rings. The number of hydrogen-bond donors (Lipinski definition) is 0. The number of carbonyl (C=O) groups excluding carboxylic acids is 1. The molecule has 0 N–H and O–H groups in total. The Labute approximate surface area is 120 Å². The predicted molar refractivity (Wildman–Crippen MR) is 83.0 cm³/mol. The highest BCUT2D eigenvalue weighted by Crippen LogP contribution is 2.37. The van der Waals surface area contributed by atoms with Gasteiger partial charge in [-0.1, -0.05) is 48.0 Å². The van der Waals surface area contributed by atoms with E-state index in [2.05, 4.69) is 49.4 Å². The first kappa shape index (κ1) is 12.9. The molecule has 0 saturated heterocycles. The second-order valence-electron chi connectivity index (χ2n) is 5.45. The Kier molecular flexibility index (Phi) is 3.31. The third-order valence-electron chi connectivity index (χ3n) is 3.96. The summed E-state index contributed by atoms with van der Waals surface area (Å²) in [6, 6.07) is 14.9. The van der Waals surface area contributed by atoms with Crippen LogP contribution in [0.5, 0.6) is 0 Å². The Morgan fingerprint density at radius 1 is 1.10 bits per heavy atom. The van der Waals surface area contributed by atoms with Crippen molar-refractivity contribution in [3.63, 3.8) is 0 Å². The maximum absolute atomic E-state index is 11.9. The third-order valence-corrected chi connectivity index (χ3v) is 3.96. The minimum absolute atomic E-state index is 0.130. The van der Waals surface area contributed by atoms with E-state index in [-0.39, 0.29) is 5.91 Å². The van der Waals surface area contributed by atoms with E-state index in [1.54, 1.807) is 6.92 Å². The number of benzene rings is 2. The molecule has 2 heteroatoms. The third kappa shape index (κ3) is 2.22.